The molecule has 2 saturated heterocycles. The largest absolute Gasteiger partial charge is 0.381 e. The third-order valence-corrected chi connectivity index (χ3v) is 5.88. The molecule has 7 nitrogen and oxygen atoms in total. The van der Waals surface area contributed by atoms with Gasteiger partial charge < -0.3 is 14.6 Å². The van der Waals surface area contributed by atoms with Crippen molar-refractivity contribution in [2.24, 2.45) is 0 Å². The first kappa shape index (κ1) is 22.7. The van der Waals surface area contributed by atoms with Gasteiger partial charge in [0.15, 0.2) is 5.79 Å². The highest BCUT2D eigenvalue weighted by Crippen LogP contribution is 2.37. The van der Waals surface area contributed by atoms with E-state index in [2.05, 4.69) is 15.0 Å². The molecule has 1 N–H and O–H groups in total. The minimum Gasteiger partial charge on any atom is -0.381 e. The number of aromatic nitrogens is 3. The third kappa shape index (κ3) is 4.54. The van der Waals surface area contributed by atoms with Crippen LogP contribution in [0, 0.1) is 11.6 Å². The lowest BCUT2D eigenvalue weighted by Gasteiger charge is -2.45. The number of benzene rings is 1. The Morgan fingerprint density at radius 2 is 1.87 bits per heavy atom. The van der Waals surface area contributed by atoms with Gasteiger partial charge in [-0.1, -0.05) is 19.9 Å². The summed E-state index contributed by atoms with van der Waals surface area (Å²) in [6.45, 7) is 8.27. The van der Waals surface area contributed by atoms with Gasteiger partial charge in [0.1, 0.15) is 29.9 Å². The van der Waals surface area contributed by atoms with E-state index in [0.29, 0.717) is 39.1 Å². The summed E-state index contributed by atoms with van der Waals surface area (Å²) in [5.41, 5.74) is -1.60. The van der Waals surface area contributed by atoms with Crippen LogP contribution in [0.15, 0.2) is 30.9 Å². The molecule has 2 atom stereocenters. The molecule has 2 aromatic rings. The van der Waals surface area contributed by atoms with E-state index in [1.165, 1.54) is 23.4 Å². The van der Waals surface area contributed by atoms with Gasteiger partial charge in [-0.3, -0.25) is 4.90 Å². The number of hydrogen-bond donors (Lipinski definition) is 1. The summed E-state index contributed by atoms with van der Waals surface area (Å²) in [5, 5.41) is 15.7. The van der Waals surface area contributed by atoms with Crippen molar-refractivity contribution < 1.29 is 23.4 Å². The zero-order chi connectivity index (χ0) is 21.8. The fourth-order valence-corrected chi connectivity index (χ4v) is 4.18. The first-order valence-electron chi connectivity index (χ1n) is 10.4. The third-order valence-electron chi connectivity index (χ3n) is 5.88. The Labute approximate surface area is 175 Å². The molecule has 3 heterocycles. The Hall–Kier alpha value is -1.94. The second-order valence-corrected chi connectivity index (χ2v) is 7.46. The van der Waals surface area contributed by atoms with E-state index in [-0.39, 0.29) is 12.1 Å². The van der Waals surface area contributed by atoms with Gasteiger partial charge in [0.25, 0.3) is 0 Å². The standard InChI is InChI=1S/C19H24F2N4O3.C2H6/c1-14(24-6-4-18(5-7-24)27-8-9-28-18)19(26,11-25-13-22-12-23-25)16-3-2-15(20)10-17(16)21;1-2/h2-3,10,12-14,26H,4-9,11H2,1H3;1-2H3. The van der Waals surface area contributed by atoms with Gasteiger partial charge in [0.05, 0.1) is 19.8 Å². The number of aliphatic hydroxyl groups is 1. The summed E-state index contributed by atoms with van der Waals surface area (Å²) in [6.07, 6.45) is 4.15. The Balaban J connectivity index is 0.00000124. The number of likely N-dealkylation sites (tertiary alicyclic amines) is 1. The molecule has 30 heavy (non-hydrogen) atoms. The number of piperidine rings is 1. The number of rotatable bonds is 5. The number of nitrogens with zero attached hydrogens (tertiary/aromatic N) is 4. The van der Waals surface area contributed by atoms with Gasteiger partial charge in [0, 0.05) is 43.6 Å². The van der Waals surface area contributed by atoms with Crippen LogP contribution in [-0.4, -0.2) is 62.9 Å². The molecule has 0 radical (unpaired) electrons. The minimum absolute atomic E-state index is 0.00857. The lowest BCUT2D eigenvalue weighted by atomic mass is 9.84. The van der Waals surface area contributed by atoms with E-state index in [1.807, 2.05) is 20.8 Å². The second-order valence-electron chi connectivity index (χ2n) is 7.46. The van der Waals surface area contributed by atoms with Crippen molar-refractivity contribution in [2.45, 2.75) is 57.6 Å². The maximum absolute atomic E-state index is 14.6. The Morgan fingerprint density at radius 1 is 1.20 bits per heavy atom. The zero-order valence-electron chi connectivity index (χ0n) is 17.7. The average Bonchev–Trinajstić information content (AvgIpc) is 3.42. The molecule has 2 aliphatic rings. The molecule has 1 spiro atoms. The number of halogens is 2. The number of ether oxygens (including phenoxy) is 2. The maximum atomic E-state index is 14.6. The fourth-order valence-electron chi connectivity index (χ4n) is 4.18. The molecule has 1 aromatic heterocycles. The molecular weight excluding hydrogens is 394 g/mol. The molecule has 0 saturated carbocycles. The summed E-state index contributed by atoms with van der Waals surface area (Å²) < 4.78 is 41.1. The molecule has 0 amide bonds. The quantitative estimate of drug-likeness (QED) is 0.796. The van der Waals surface area contributed by atoms with Crippen LogP contribution in [0.1, 0.15) is 39.2 Å². The molecule has 2 unspecified atom stereocenters. The van der Waals surface area contributed by atoms with Gasteiger partial charge in [-0.05, 0) is 13.0 Å². The lowest BCUT2D eigenvalue weighted by molar-refractivity contribution is -0.194. The van der Waals surface area contributed by atoms with E-state index < -0.39 is 29.1 Å². The van der Waals surface area contributed by atoms with E-state index in [4.69, 9.17) is 9.47 Å². The first-order valence-corrected chi connectivity index (χ1v) is 10.4. The summed E-state index contributed by atoms with van der Waals surface area (Å²) in [6, 6.07) is 2.78. The van der Waals surface area contributed by atoms with Gasteiger partial charge in [-0.2, -0.15) is 5.10 Å². The Bertz CT molecular complexity index is 805. The van der Waals surface area contributed by atoms with Crippen molar-refractivity contribution in [2.75, 3.05) is 26.3 Å². The van der Waals surface area contributed by atoms with Crippen LogP contribution in [0.4, 0.5) is 8.78 Å². The molecule has 0 aliphatic carbocycles. The first-order chi connectivity index (χ1) is 14.4. The van der Waals surface area contributed by atoms with Crippen LogP contribution in [0.25, 0.3) is 0 Å². The summed E-state index contributed by atoms with van der Waals surface area (Å²) in [5.74, 6) is -2.01. The van der Waals surface area contributed by atoms with E-state index in [0.717, 1.165) is 12.1 Å². The molecule has 2 fully saturated rings. The van der Waals surface area contributed by atoms with E-state index in [1.54, 1.807) is 0 Å². The van der Waals surface area contributed by atoms with Crippen molar-refractivity contribution in [1.29, 1.82) is 0 Å². The zero-order valence-corrected chi connectivity index (χ0v) is 17.7. The van der Waals surface area contributed by atoms with Gasteiger partial charge in [-0.15, -0.1) is 0 Å². The van der Waals surface area contributed by atoms with Crippen molar-refractivity contribution in [1.82, 2.24) is 19.7 Å². The Kier molecular flexibility index (Phi) is 7.18. The normalized spacial score (nSPS) is 21.7. The average molecular weight is 424 g/mol. The van der Waals surface area contributed by atoms with Crippen molar-refractivity contribution in [3.05, 3.63) is 48.1 Å². The van der Waals surface area contributed by atoms with Crippen LogP contribution >= 0.6 is 0 Å². The van der Waals surface area contributed by atoms with Crippen LogP contribution in [0.2, 0.25) is 0 Å². The van der Waals surface area contributed by atoms with Gasteiger partial charge >= 0.3 is 0 Å². The van der Waals surface area contributed by atoms with Crippen LogP contribution in [-0.2, 0) is 21.6 Å². The second kappa shape index (κ2) is 9.47. The minimum atomic E-state index is -1.63. The van der Waals surface area contributed by atoms with Crippen LogP contribution in [0.5, 0.6) is 0 Å². The van der Waals surface area contributed by atoms with Gasteiger partial charge in [-0.25, -0.2) is 18.4 Å². The lowest BCUT2D eigenvalue weighted by Crippen LogP contribution is -2.56. The van der Waals surface area contributed by atoms with E-state index >= 15 is 0 Å². The maximum Gasteiger partial charge on any atom is 0.170 e. The van der Waals surface area contributed by atoms with Crippen LogP contribution < -0.4 is 0 Å². The van der Waals surface area contributed by atoms with Gasteiger partial charge in [0.2, 0.25) is 0 Å². The molecule has 166 valence electrons. The highest BCUT2D eigenvalue weighted by molar-refractivity contribution is 5.27. The summed E-state index contributed by atoms with van der Waals surface area (Å²) in [4.78, 5) is 5.98. The summed E-state index contributed by atoms with van der Waals surface area (Å²) >= 11 is 0. The highest BCUT2D eigenvalue weighted by Gasteiger charge is 2.46. The topological polar surface area (TPSA) is 72.6 Å². The van der Waals surface area contributed by atoms with Crippen molar-refractivity contribution >= 4 is 0 Å². The molecule has 2 aliphatic heterocycles. The molecule has 1 aromatic carbocycles. The van der Waals surface area contributed by atoms with E-state index in [9.17, 15) is 13.9 Å². The smallest absolute Gasteiger partial charge is 0.170 e. The van der Waals surface area contributed by atoms with Crippen LogP contribution in [0.3, 0.4) is 0 Å². The predicted molar refractivity (Wildman–Crippen MR) is 107 cm³/mol. The molecule has 9 heteroatoms. The summed E-state index contributed by atoms with van der Waals surface area (Å²) in [7, 11) is 0. The monoisotopic (exact) mass is 424 g/mol. The number of hydrogen-bond acceptors (Lipinski definition) is 6. The molecule has 0 bridgehead atoms. The molecule has 4 rings (SSSR count). The molecular formula is C21H30F2N4O3. The fraction of sp³-hybridized carbons (Fsp3) is 0.619. The predicted octanol–water partition coefficient (Wildman–Crippen LogP) is 2.70. The highest BCUT2D eigenvalue weighted by atomic mass is 19.1. The Morgan fingerprint density at radius 3 is 2.43 bits per heavy atom. The SMILES string of the molecule is CC.CC(N1CCC2(CC1)OCCO2)C(O)(Cn1cncn1)c1ccc(F)cc1F. The van der Waals surface area contributed by atoms with Crippen molar-refractivity contribution in [3.63, 3.8) is 0 Å². The van der Waals surface area contributed by atoms with Crippen molar-refractivity contribution in [3.8, 4) is 0 Å².